The minimum Gasteiger partial charge on any atom is -0.396 e. The van der Waals surface area contributed by atoms with Gasteiger partial charge in [0.1, 0.15) is 0 Å². The lowest BCUT2D eigenvalue weighted by molar-refractivity contribution is -0.118. The van der Waals surface area contributed by atoms with E-state index in [0.29, 0.717) is 6.42 Å². The third-order valence-corrected chi connectivity index (χ3v) is 1.58. The second kappa shape index (κ2) is 7.54. The van der Waals surface area contributed by atoms with Crippen LogP contribution in [0.2, 0.25) is 0 Å². The number of aliphatic hydroxyl groups excluding tert-OH is 1. The minimum atomic E-state index is -0.216. The summed E-state index contributed by atoms with van der Waals surface area (Å²) in [5.74, 6) is -0.216. The molecule has 1 amide bonds. The number of amides is 1. The largest absolute Gasteiger partial charge is 0.396 e. The van der Waals surface area contributed by atoms with E-state index in [4.69, 9.17) is 10.8 Å². The molecule has 0 aromatic carbocycles. The van der Waals surface area contributed by atoms with Crippen molar-refractivity contribution in [2.75, 3.05) is 6.61 Å². The summed E-state index contributed by atoms with van der Waals surface area (Å²) in [5, 5.41) is 8.44. The van der Waals surface area contributed by atoms with E-state index >= 15 is 0 Å². The van der Waals surface area contributed by atoms with Crippen LogP contribution in [0.4, 0.5) is 0 Å². The molecule has 0 unspecified atom stereocenters. The molecule has 3 nitrogen and oxygen atoms in total. The van der Waals surface area contributed by atoms with Gasteiger partial charge in [0.2, 0.25) is 5.91 Å². The van der Waals surface area contributed by atoms with Crippen molar-refractivity contribution in [3.05, 3.63) is 0 Å². The highest BCUT2D eigenvalue weighted by Crippen LogP contribution is 2.03. The molecule has 0 saturated heterocycles. The maximum Gasteiger partial charge on any atom is 0.217 e. The number of carbonyl (C=O) groups is 1. The lowest BCUT2D eigenvalue weighted by atomic mass is 10.1. The lowest BCUT2D eigenvalue weighted by Crippen LogP contribution is -2.09. The molecule has 0 aliphatic heterocycles. The number of primary amides is 1. The van der Waals surface area contributed by atoms with Gasteiger partial charge in [0, 0.05) is 13.0 Å². The molecule has 0 aliphatic rings. The molecule has 0 heterocycles. The molecule has 3 heteroatoms. The molecule has 0 aliphatic carbocycles. The molecule has 66 valence electrons. The number of aliphatic hydroxyl groups is 1. The van der Waals surface area contributed by atoms with E-state index in [-0.39, 0.29) is 12.5 Å². The molecular formula is C8H17NO2. The Kier molecular flexibility index (Phi) is 7.15. The maximum absolute atomic E-state index is 10.3. The van der Waals surface area contributed by atoms with Crippen molar-refractivity contribution in [3.8, 4) is 0 Å². The van der Waals surface area contributed by atoms with E-state index in [2.05, 4.69) is 0 Å². The van der Waals surface area contributed by atoms with Crippen molar-refractivity contribution in [3.63, 3.8) is 0 Å². The fourth-order valence-electron chi connectivity index (χ4n) is 0.941. The van der Waals surface area contributed by atoms with Gasteiger partial charge in [0.25, 0.3) is 0 Å². The highest BCUT2D eigenvalue weighted by atomic mass is 16.2. The molecule has 0 fully saturated rings. The molecule has 11 heavy (non-hydrogen) atoms. The summed E-state index contributed by atoms with van der Waals surface area (Å²) in [7, 11) is 0. The average Bonchev–Trinajstić information content (AvgIpc) is 1.96. The molecular weight excluding hydrogens is 142 g/mol. The molecule has 0 atom stereocenters. The predicted octanol–water partition coefficient (Wildman–Crippen LogP) is 0.805. The van der Waals surface area contributed by atoms with E-state index in [1.165, 1.54) is 0 Å². The number of hydrogen-bond donors (Lipinski definition) is 2. The van der Waals surface area contributed by atoms with E-state index in [1.54, 1.807) is 0 Å². The van der Waals surface area contributed by atoms with Gasteiger partial charge in [-0.2, -0.15) is 0 Å². The summed E-state index contributed by atoms with van der Waals surface area (Å²) < 4.78 is 0. The quantitative estimate of drug-likeness (QED) is 0.540. The van der Waals surface area contributed by atoms with E-state index in [1.807, 2.05) is 0 Å². The Balaban J connectivity index is 2.85. The van der Waals surface area contributed by atoms with Gasteiger partial charge in [0.05, 0.1) is 0 Å². The molecule has 0 aromatic rings. The second-order valence-electron chi connectivity index (χ2n) is 2.71. The highest BCUT2D eigenvalue weighted by molar-refractivity contribution is 5.73. The third-order valence-electron chi connectivity index (χ3n) is 1.58. The van der Waals surface area contributed by atoms with Crippen molar-refractivity contribution in [2.45, 2.75) is 38.5 Å². The number of unbranched alkanes of at least 4 members (excludes halogenated alkanes) is 4. The first-order valence-electron chi connectivity index (χ1n) is 4.16. The standard InChI is InChI=1S/C8H17NO2/c9-8(11)6-4-2-1-3-5-7-10/h10H,1-7H2,(H2,9,11). The monoisotopic (exact) mass is 159 g/mol. The van der Waals surface area contributed by atoms with Gasteiger partial charge in [-0.25, -0.2) is 0 Å². The Bertz CT molecular complexity index is 104. The zero-order chi connectivity index (χ0) is 8.53. The fraction of sp³-hybridized carbons (Fsp3) is 0.875. The summed E-state index contributed by atoms with van der Waals surface area (Å²) in [6.45, 7) is 0.274. The van der Waals surface area contributed by atoms with Crippen LogP contribution in [0.5, 0.6) is 0 Å². The number of rotatable bonds is 7. The molecule has 0 bridgehead atoms. The molecule has 0 aromatic heterocycles. The Morgan fingerprint density at radius 3 is 2.18 bits per heavy atom. The molecule has 3 N–H and O–H groups in total. The van der Waals surface area contributed by atoms with Gasteiger partial charge >= 0.3 is 0 Å². The third kappa shape index (κ3) is 9.43. The van der Waals surface area contributed by atoms with Crippen LogP contribution in [0.3, 0.4) is 0 Å². The van der Waals surface area contributed by atoms with Crippen LogP contribution in [-0.4, -0.2) is 17.6 Å². The minimum absolute atomic E-state index is 0.216. The first-order valence-corrected chi connectivity index (χ1v) is 4.16. The average molecular weight is 159 g/mol. The smallest absolute Gasteiger partial charge is 0.217 e. The second-order valence-corrected chi connectivity index (χ2v) is 2.71. The van der Waals surface area contributed by atoms with E-state index in [0.717, 1.165) is 32.1 Å². The van der Waals surface area contributed by atoms with Crippen LogP contribution in [0.1, 0.15) is 38.5 Å². The van der Waals surface area contributed by atoms with Crippen LogP contribution in [0.15, 0.2) is 0 Å². The van der Waals surface area contributed by atoms with Gasteiger partial charge in [-0.15, -0.1) is 0 Å². The Morgan fingerprint density at radius 1 is 1.09 bits per heavy atom. The van der Waals surface area contributed by atoms with Gasteiger partial charge in [-0.3, -0.25) is 4.79 Å². The topological polar surface area (TPSA) is 63.3 Å². The Hall–Kier alpha value is -0.570. The summed E-state index contributed by atoms with van der Waals surface area (Å²) in [4.78, 5) is 10.3. The van der Waals surface area contributed by atoms with Crippen molar-refractivity contribution in [1.29, 1.82) is 0 Å². The Morgan fingerprint density at radius 2 is 1.64 bits per heavy atom. The van der Waals surface area contributed by atoms with Gasteiger partial charge < -0.3 is 10.8 Å². The van der Waals surface area contributed by atoms with Crippen molar-refractivity contribution in [2.24, 2.45) is 5.73 Å². The first kappa shape index (κ1) is 10.4. The Labute approximate surface area is 67.6 Å². The fourth-order valence-corrected chi connectivity index (χ4v) is 0.941. The van der Waals surface area contributed by atoms with Crippen molar-refractivity contribution < 1.29 is 9.90 Å². The zero-order valence-electron chi connectivity index (χ0n) is 6.88. The SMILES string of the molecule is NC(=O)CCCCCCCO. The summed E-state index contributed by atoms with van der Waals surface area (Å²) in [6, 6.07) is 0. The van der Waals surface area contributed by atoms with Crippen LogP contribution < -0.4 is 5.73 Å². The summed E-state index contributed by atoms with van der Waals surface area (Å²) >= 11 is 0. The number of nitrogens with two attached hydrogens (primary N) is 1. The summed E-state index contributed by atoms with van der Waals surface area (Å²) in [6.07, 6.45) is 5.45. The van der Waals surface area contributed by atoms with Crippen LogP contribution >= 0.6 is 0 Å². The first-order chi connectivity index (χ1) is 5.27. The van der Waals surface area contributed by atoms with Gasteiger partial charge in [-0.1, -0.05) is 19.3 Å². The molecule has 0 radical (unpaired) electrons. The van der Waals surface area contributed by atoms with E-state index in [9.17, 15) is 4.79 Å². The predicted molar refractivity (Wildman–Crippen MR) is 44.0 cm³/mol. The van der Waals surface area contributed by atoms with E-state index < -0.39 is 0 Å². The summed E-state index contributed by atoms with van der Waals surface area (Å²) in [5.41, 5.74) is 4.95. The van der Waals surface area contributed by atoms with Gasteiger partial charge in [-0.05, 0) is 12.8 Å². The van der Waals surface area contributed by atoms with Crippen LogP contribution in [0, 0.1) is 0 Å². The van der Waals surface area contributed by atoms with Crippen LogP contribution in [0.25, 0.3) is 0 Å². The van der Waals surface area contributed by atoms with Crippen LogP contribution in [-0.2, 0) is 4.79 Å². The zero-order valence-corrected chi connectivity index (χ0v) is 6.88. The molecule has 0 saturated carbocycles. The van der Waals surface area contributed by atoms with Gasteiger partial charge in [0.15, 0.2) is 0 Å². The lowest BCUT2D eigenvalue weighted by Gasteiger charge is -1.97. The maximum atomic E-state index is 10.3. The van der Waals surface area contributed by atoms with Crippen molar-refractivity contribution >= 4 is 5.91 Å². The molecule has 0 rings (SSSR count). The molecule has 0 spiro atoms. The highest BCUT2D eigenvalue weighted by Gasteiger charge is 1.93. The number of hydrogen-bond acceptors (Lipinski definition) is 2. The number of carbonyl (C=O) groups excluding carboxylic acids is 1. The normalized spacial score (nSPS) is 9.91. The van der Waals surface area contributed by atoms with Crippen molar-refractivity contribution in [1.82, 2.24) is 0 Å².